The van der Waals surface area contributed by atoms with E-state index in [2.05, 4.69) is 19.9 Å². The molecule has 0 radical (unpaired) electrons. The molecule has 2 heterocycles. The van der Waals surface area contributed by atoms with E-state index in [1.165, 1.54) is 0 Å². The lowest BCUT2D eigenvalue weighted by molar-refractivity contribution is 0.402. The van der Waals surface area contributed by atoms with Crippen LogP contribution in [0.5, 0.6) is 5.88 Å². The molecule has 7 nitrogen and oxygen atoms in total. The Morgan fingerprint density at radius 3 is 2.92 bits per heavy atom. The second-order valence-electron chi connectivity index (χ2n) is 5.37. The molecule has 0 amide bonds. The van der Waals surface area contributed by atoms with Gasteiger partial charge in [0.15, 0.2) is 17.0 Å². The summed E-state index contributed by atoms with van der Waals surface area (Å²) < 4.78 is 7.36. The maximum Gasteiger partial charge on any atom is 0.245 e. The van der Waals surface area contributed by atoms with Crippen LogP contribution in [0.1, 0.15) is 12.5 Å². The van der Waals surface area contributed by atoms with Crippen molar-refractivity contribution in [3.8, 4) is 17.3 Å². The standard InChI is InChI=1S/C18H20N6O/c1-4-24-11-21-15-17(24)22-16(23-18(15)25-3)13-7-5-6-12(10-13)14(19)8-9-20-2/h5-11H,4,19H2,1-3H3/b14-8-,20-9?. The van der Waals surface area contributed by atoms with Gasteiger partial charge in [0.2, 0.25) is 5.88 Å². The average Bonchev–Trinajstić information content (AvgIpc) is 3.08. The number of methoxy groups -OCH3 is 1. The lowest BCUT2D eigenvalue weighted by Crippen LogP contribution is -2.01. The minimum Gasteiger partial charge on any atom is -0.479 e. The molecule has 0 spiro atoms. The monoisotopic (exact) mass is 336 g/mol. The van der Waals surface area contributed by atoms with Crippen LogP contribution in [0.2, 0.25) is 0 Å². The first kappa shape index (κ1) is 16.6. The summed E-state index contributed by atoms with van der Waals surface area (Å²) >= 11 is 0. The van der Waals surface area contributed by atoms with Gasteiger partial charge in [0.05, 0.1) is 13.4 Å². The number of imidazole rings is 1. The number of fused-ring (bicyclic) bond motifs is 1. The van der Waals surface area contributed by atoms with Gasteiger partial charge in [-0.1, -0.05) is 18.2 Å². The fourth-order valence-electron chi connectivity index (χ4n) is 2.51. The third-order valence-electron chi connectivity index (χ3n) is 3.82. The molecule has 0 saturated heterocycles. The molecule has 0 aliphatic heterocycles. The van der Waals surface area contributed by atoms with E-state index >= 15 is 0 Å². The van der Waals surface area contributed by atoms with Crippen molar-refractivity contribution in [2.45, 2.75) is 13.5 Å². The molecule has 0 atom stereocenters. The maximum atomic E-state index is 6.09. The predicted octanol–water partition coefficient (Wildman–Crippen LogP) is 2.52. The Balaban J connectivity index is 2.13. The summed E-state index contributed by atoms with van der Waals surface area (Å²) in [6.45, 7) is 2.80. The third-order valence-corrected chi connectivity index (χ3v) is 3.82. The smallest absolute Gasteiger partial charge is 0.245 e. The summed E-state index contributed by atoms with van der Waals surface area (Å²) in [6.07, 6.45) is 5.16. The summed E-state index contributed by atoms with van der Waals surface area (Å²) in [5, 5.41) is 0. The van der Waals surface area contributed by atoms with Crippen LogP contribution in [0, 0.1) is 0 Å². The molecule has 0 bridgehead atoms. The Hall–Kier alpha value is -3.22. The molecule has 0 fully saturated rings. The van der Waals surface area contributed by atoms with Crippen LogP contribution in [0.4, 0.5) is 0 Å². The summed E-state index contributed by atoms with van der Waals surface area (Å²) in [4.78, 5) is 17.4. The summed E-state index contributed by atoms with van der Waals surface area (Å²) in [5.74, 6) is 1.03. The number of ether oxygens (including phenoxy) is 1. The van der Waals surface area contributed by atoms with Crippen LogP contribution >= 0.6 is 0 Å². The van der Waals surface area contributed by atoms with Crippen molar-refractivity contribution < 1.29 is 4.74 Å². The molecular formula is C18H20N6O. The van der Waals surface area contributed by atoms with E-state index < -0.39 is 0 Å². The van der Waals surface area contributed by atoms with Crippen molar-refractivity contribution >= 4 is 23.1 Å². The van der Waals surface area contributed by atoms with Gasteiger partial charge in [0.25, 0.3) is 0 Å². The SMILES string of the molecule is CCn1cnc2c(OC)nc(-c3cccc(/C(N)=C/C=NC)c3)nc21. The highest BCUT2D eigenvalue weighted by molar-refractivity contribution is 5.84. The van der Waals surface area contributed by atoms with E-state index in [1.807, 2.05) is 35.8 Å². The molecule has 3 rings (SSSR count). The number of aliphatic imine (C=N–C) groups is 1. The predicted molar refractivity (Wildman–Crippen MR) is 99.6 cm³/mol. The Bertz CT molecular complexity index is 957. The highest BCUT2D eigenvalue weighted by Gasteiger charge is 2.14. The van der Waals surface area contributed by atoms with Gasteiger partial charge in [-0.25, -0.2) is 9.97 Å². The normalized spacial score (nSPS) is 12.2. The van der Waals surface area contributed by atoms with Gasteiger partial charge in [-0.3, -0.25) is 4.99 Å². The van der Waals surface area contributed by atoms with Crippen molar-refractivity contribution in [3.63, 3.8) is 0 Å². The van der Waals surface area contributed by atoms with E-state index in [4.69, 9.17) is 10.5 Å². The number of hydrogen-bond acceptors (Lipinski definition) is 6. The first-order valence-corrected chi connectivity index (χ1v) is 7.93. The number of benzene rings is 1. The summed E-state index contributed by atoms with van der Waals surface area (Å²) in [6, 6.07) is 7.75. The molecule has 25 heavy (non-hydrogen) atoms. The van der Waals surface area contributed by atoms with Gasteiger partial charge in [-0.05, 0) is 24.6 Å². The highest BCUT2D eigenvalue weighted by atomic mass is 16.5. The topological polar surface area (TPSA) is 91.2 Å². The van der Waals surface area contributed by atoms with Crippen molar-refractivity contribution in [2.24, 2.45) is 10.7 Å². The number of allylic oxidation sites excluding steroid dienone is 1. The Labute approximate surface area is 145 Å². The van der Waals surface area contributed by atoms with Crippen molar-refractivity contribution in [2.75, 3.05) is 14.2 Å². The molecule has 2 N–H and O–H groups in total. The highest BCUT2D eigenvalue weighted by Crippen LogP contribution is 2.26. The number of aryl methyl sites for hydroxylation is 1. The van der Waals surface area contributed by atoms with Gasteiger partial charge in [0.1, 0.15) is 0 Å². The average molecular weight is 336 g/mol. The first-order chi connectivity index (χ1) is 12.2. The zero-order chi connectivity index (χ0) is 17.8. The number of nitrogens with zero attached hydrogens (tertiary/aromatic N) is 5. The van der Waals surface area contributed by atoms with E-state index in [9.17, 15) is 0 Å². The number of hydrogen-bond donors (Lipinski definition) is 1. The van der Waals surface area contributed by atoms with Crippen LogP contribution in [0.25, 0.3) is 28.2 Å². The number of aromatic nitrogens is 4. The van der Waals surface area contributed by atoms with E-state index in [-0.39, 0.29) is 0 Å². The summed E-state index contributed by atoms with van der Waals surface area (Å²) in [5.41, 5.74) is 9.85. The lowest BCUT2D eigenvalue weighted by Gasteiger charge is -2.08. The molecule has 3 aromatic rings. The van der Waals surface area contributed by atoms with Crippen molar-refractivity contribution in [3.05, 3.63) is 42.2 Å². The minimum absolute atomic E-state index is 0.458. The van der Waals surface area contributed by atoms with Crippen LogP contribution in [-0.2, 0) is 6.54 Å². The molecule has 2 aromatic heterocycles. The van der Waals surface area contributed by atoms with Crippen LogP contribution in [0.15, 0.2) is 41.7 Å². The minimum atomic E-state index is 0.458. The Morgan fingerprint density at radius 2 is 2.20 bits per heavy atom. The van der Waals surface area contributed by atoms with Crippen LogP contribution < -0.4 is 10.5 Å². The van der Waals surface area contributed by atoms with Gasteiger partial charge >= 0.3 is 0 Å². The zero-order valence-electron chi connectivity index (χ0n) is 14.5. The quantitative estimate of drug-likeness (QED) is 0.723. The van der Waals surface area contributed by atoms with E-state index in [0.717, 1.165) is 23.3 Å². The maximum absolute atomic E-state index is 6.09. The van der Waals surface area contributed by atoms with Crippen molar-refractivity contribution in [1.82, 2.24) is 19.5 Å². The van der Waals surface area contributed by atoms with Gasteiger partial charge in [-0.15, -0.1) is 0 Å². The number of rotatable bonds is 5. The number of nitrogens with two attached hydrogens (primary N) is 1. The fourth-order valence-corrected chi connectivity index (χ4v) is 2.51. The van der Waals surface area contributed by atoms with Crippen LogP contribution in [-0.4, -0.2) is 39.9 Å². The largest absolute Gasteiger partial charge is 0.479 e. The van der Waals surface area contributed by atoms with E-state index in [1.54, 1.807) is 32.8 Å². The Kier molecular flexibility index (Phi) is 4.74. The van der Waals surface area contributed by atoms with Gasteiger partial charge in [0, 0.05) is 31.1 Å². The molecule has 7 heteroatoms. The van der Waals surface area contributed by atoms with Crippen molar-refractivity contribution in [1.29, 1.82) is 0 Å². The second kappa shape index (κ2) is 7.12. The molecule has 128 valence electrons. The van der Waals surface area contributed by atoms with E-state index in [0.29, 0.717) is 22.9 Å². The molecule has 0 unspecified atom stereocenters. The first-order valence-electron chi connectivity index (χ1n) is 7.93. The molecule has 0 aliphatic rings. The zero-order valence-corrected chi connectivity index (χ0v) is 14.5. The van der Waals surface area contributed by atoms with Crippen LogP contribution in [0.3, 0.4) is 0 Å². The fraction of sp³-hybridized carbons (Fsp3) is 0.222. The molecule has 0 aliphatic carbocycles. The third kappa shape index (κ3) is 3.21. The molecule has 0 saturated carbocycles. The van der Waals surface area contributed by atoms with Gasteiger partial charge in [-0.2, -0.15) is 4.98 Å². The lowest BCUT2D eigenvalue weighted by atomic mass is 10.1. The molecular weight excluding hydrogens is 316 g/mol. The Morgan fingerprint density at radius 1 is 1.36 bits per heavy atom. The molecule has 1 aromatic carbocycles. The summed E-state index contributed by atoms with van der Waals surface area (Å²) in [7, 11) is 3.28. The second-order valence-corrected chi connectivity index (χ2v) is 5.37. The van der Waals surface area contributed by atoms with Gasteiger partial charge < -0.3 is 15.0 Å².